The van der Waals surface area contributed by atoms with Gasteiger partial charge in [0.05, 0.1) is 32.3 Å². The van der Waals surface area contributed by atoms with Crippen LogP contribution in [0.5, 0.6) is 5.75 Å². The van der Waals surface area contributed by atoms with E-state index in [1.165, 1.54) is 24.4 Å². The Bertz CT molecular complexity index is 1580. The molecule has 3 N–H and O–H groups in total. The number of hydrogen-bond acceptors (Lipinski definition) is 8. The standard InChI is InChI=1S/C25H16Cl3N5O5/c26-15-5-7-17(8-6-15)30-21-11-22(24(33(37)38)12-23(21)32(35)36)31-20-4-2-1-3-19(20)29-13-14-9-16(27)10-18(28)25(14)34/h1-13,30-31,34H. The van der Waals surface area contributed by atoms with Crippen molar-refractivity contribution in [1.82, 2.24) is 0 Å². The molecule has 0 amide bonds. The predicted molar refractivity (Wildman–Crippen MR) is 150 cm³/mol. The van der Waals surface area contributed by atoms with Crippen molar-refractivity contribution in [2.45, 2.75) is 0 Å². The van der Waals surface area contributed by atoms with Gasteiger partial charge in [-0.3, -0.25) is 25.2 Å². The average molecular weight is 573 g/mol. The maximum absolute atomic E-state index is 11.8. The quantitative estimate of drug-likeness (QED) is 0.109. The van der Waals surface area contributed by atoms with Crippen LogP contribution in [0.1, 0.15) is 5.56 Å². The van der Waals surface area contributed by atoms with E-state index in [2.05, 4.69) is 15.6 Å². The number of nitrogens with zero attached hydrogens (tertiary/aromatic N) is 3. The summed E-state index contributed by atoms with van der Waals surface area (Å²) in [5.41, 5.74) is 0.440. The van der Waals surface area contributed by atoms with Crippen LogP contribution in [0.25, 0.3) is 0 Å². The molecule has 0 atom stereocenters. The van der Waals surface area contributed by atoms with E-state index in [0.29, 0.717) is 27.1 Å². The molecule has 38 heavy (non-hydrogen) atoms. The maximum Gasteiger partial charge on any atom is 0.299 e. The lowest BCUT2D eigenvalue weighted by atomic mass is 10.1. The van der Waals surface area contributed by atoms with E-state index < -0.39 is 21.2 Å². The first-order valence-electron chi connectivity index (χ1n) is 10.7. The number of anilines is 4. The minimum absolute atomic E-state index is 0.0184. The highest BCUT2D eigenvalue weighted by molar-refractivity contribution is 6.36. The zero-order valence-electron chi connectivity index (χ0n) is 19.1. The number of phenolic OH excluding ortho intramolecular Hbond substituents is 1. The lowest BCUT2D eigenvalue weighted by Gasteiger charge is -2.13. The molecule has 0 spiro atoms. The summed E-state index contributed by atoms with van der Waals surface area (Å²) in [7, 11) is 0. The molecular weight excluding hydrogens is 557 g/mol. The second kappa shape index (κ2) is 11.3. The Morgan fingerprint density at radius 1 is 0.763 bits per heavy atom. The third-order valence-electron chi connectivity index (χ3n) is 5.20. The molecule has 10 nitrogen and oxygen atoms in total. The Morgan fingerprint density at radius 2 is 1.39 bits per heavy atom. The zero-order valence-corrected chi connectivity index (χ0v) is 21.3. The zero-order chi connectivity index (χ0) is 27.4. The summed E-state index contributed by atoms with van der Waals surface area (Å²) < 4.78 is 0. The lowest BCUT2D eigenvalue weighted by molar-refractivity contribution is -0.393. The number of phenols is 1. The highest BCUT2D eigenvalue weighted by atomic mass is 35.5. The van der Waals surface area contributed by atoms with Gasteiger partial charge in [-0.2, -0.15) is 0 Å². The van der Waals surface area contributed by atoms with Gasteiger partial charge >= 0.3 is 0 Å². The second-order valence-corrected chi connectivity index (χ2v) is 9.04. The lowest BCUT2D eigenvalue weighted by Crippen LogP contribution is -2.03. The van der Waals surface area contributed by atoms with E-state index in [-0.39, 0.29) is 27.7 Å². The Morgan fingerprint density at radius 3 is 2.05 bits per heavy atom. The van der Waals surface area contributed by atoms with E-state index in [9.17, 15) is 25.3 Å². The minimum atomic E-state index is -0.723. The number of hydrogen-bond donors (Lipinski definition) is 3. The predicted octanol–water partition coefficient (Wildman–Crippen LogP) is 8.41. The molecule has 0 fully saturated rings. The van der Waals surface area contributed by atoms with Crippen LogP contribution in [0.2, 0.25) is 15.1 Å². The van der Waals surface area contributed by atoms with E-state index in [1.54, 1.807) is 48.5 Å². The number of para-hydroxylation sites is 2. The number of aromatic hydroxyl groups is 1. The number of nitrogens with one attached hydrogen (secondary N) is 2. The fourth-order valence-corrected chi connectivity index (χ4v) is 4.06. The molecule has 4 aromatic rings. The Hall–Kier alpha value is -4.38. The van der Waals surface area contributed by atoms with E-state index in [4.69, 9.17) is 34.8 Å². The molecule has 0 radical (unpaired) electrons. The summed E-state index contributed by atoms with van der Waals surface area (Å²) in [4.78, 5) is 26.4. The van der Waals surface area contributed by atoms with Crippen molar-refractivity contribution in [2.75, 3.05) is 10.6 Å². The topological polar surface area (TPSA) is 143 Å². The minimum Gasteiger partial charge on any atom is -0.506 e. The summed E-state index contributed by atoms with van der Waals surface area (Å²) in [6, 6.07) is 18.0. The fraction of sp³-hybridized carbons (Fsp3) is 0. The first-order valence-corrected chi connectivity index (χ1v) is 11.8. The second-order valence-electron chi connectivity index (χ2n) is 7.76. The van der Waals surface area contributed by atoms with E-state index in [1.807, 2.05) is 0 Å². The first-order chi connectivity index (χ1) is 18.1. The van der Waals surface area contributed by atoms with Crippen LogP contribution in [0.15, 0.2) is 77.8 Å². The van der Waals surface area contributed by atoms with Crippen LogP contribution in [0.3, 0.4) is 0 Å². The maximum atomic E-state index is 11.8. The SMILES string of the molecule is O=[N+]([O-])c1cc([N+](=O)[O-])c(Nc2ccccc2N=Cc2cc(Cl)cc(Cl)c2O)cc1Nc1ccc(Cl)cc1. The van der Waals surface area contributed by atoms with E-state index in [0.717, 1.165) is 6.07 Å². The first kappa shape index (κ1) is 26.7. The molecule has 0 saturated carbocycles. The van der Waals surface area contributed by atoms with Crippen molar-refractivity contribution in [3.05, 3.63) is 114 Å². The van der Waals surface area contributed by atoms with Crippen LogP contribution in [-0.4, -0.2) is 21.2 Å². The third kappa shape index (κ3) is 6.12. The fourth-order valence-electron chi connectivity index (χ4n) is 3.43. The molecule has 13 heteroatoms. The number of nitro groups is 2. The normalized spacial score (nSPS) is 10.9. The van der Waals surface area contributed by atoms with Gasteiger partial charge in [-0.15, -0.1) is 0 Å². The van der Waals surface area contributed by atoms with Gasteiger partial charge in [0.15, 0.2) is 0 Å². The van der Waals surface area contributed by atoms with Crippen LogP contribution in [-0.2, 0) is 0 Å². The van der Waals surface area contributed by atoms with Crippen molar-refractivity contribution in [2.24, 2.45) is 4.99 Å². The molecule has 0 aliphatic rings. The van der Waals surface area contributed by atoms with Gasteiger partial charge in [-0.1, -0.05) is 46.9 Å². The van der Waals surface area contributed by atoms with Gasteiger partial charge in [0.1, 0.15) is 17.1 Å². The molecule has 0 aliphatic heterocycles. The third-order valence-corrected chi connectivity index (χ3v) is 5.96. The highest BCUT2D eigenvalue weighted by Crippen LogP contribution is 2.40. The van der Waals surface area contributed by atoms with Crippen molar-refractivity contribution in [1.29, 1.82) is 0 Å². The molecule has 0 saturated heterocycles. The largest absolute Gasteiger partial charge is 0.506 e. The average Bonchev–Trinajstić information content (AvgIpc) is 2.87. The van der Waals surface area contributed by atoms with Crippen molar-refractivity contribution in [3.63, 3.8) is 0 Å². The highest BCUT2D eigenvalue weighted by Gasteiger charge is 2.25. The van der Waals surface area contributed by atoms with Crippen LogP contribution < -0.4 is 10.6 Å². The number of benzene rings is 4. The molecule has 0 bridgehead atoms. The van der Waals surface area contributed by atoms with Gasteiger partial charge in [0.25, 0.3) is 11.4 Å². The molecule has 0 aliphatic carbocycles. The van der Waals surface area contributed by atoms with Crippen LogP contribution >= 0.6 is 34.8 Å². The summed E-state index contributed by atoms with van der Waals surface area (Å²) in [6.07, 6.45) is 1.34. The van der Waals surface area contributed by atoms with Gasteiger partial charge in [0, 0.05) is 27.5 Å². The van der Waals surface area contributed by atoms with Crippen molar-refractivity contribution < 1.29 is 15.0 Å². The van der Waals surface area contributed by atoms with Gasteiger partial charge in [0.2, 0.25) is 0 Å². The monoisotopic (exact) mass is 571 g/mol. The van der Waals surface area contributed by atoms with Gasteiger partial charge < -0.3 is 15.7 Å². The number of aliphatic imine (C=N–C) groups is 1. The molecule has 4 rings (SSSR count). The van der Waals surface area contributed by atoms with Crippen molar-refractivity contribution in [3.8, 4) is 5.75 Å². The molecule has 0 aromatic heterocycles. The van der Waals surface area contributed by atoms with Gasteiger partial charge in [-0.25, -0.2) is 0 Å². The Balaban J connectivity index is 1.75. The summed E-state index contributed by atoms with van der Waals surface area (Å²) in [5, 5.41) is 40.4. The molecule has 192 valence electrons. The van der Waals surface area contributed by atoms with Crippen molar-refractivity contribution >= 4 is 80.8 Å². The summed E-state index contributed by atoms with van der Waals surface area (Å²) in [5.74, 6) is -0.214. The summed E-state index contributed by atoms with van der Waals surface area (Å²) in [6.45, 7) is 0. The summed E-state index contributed by atoms with van der Waals surface area (Å²) >= 11 is 17.9. The Labute approximate surface area is 230 Å². The van der Waals surface area contributed by atoms with Gasteiger partial charge in [-0.05, 0) is 54.6 Å². The Kier molecular flexibility index (Phi) is 7.96. The molecular formula is C25H16Cl3N5O5. The molecule has 0 unspecified atom stereocenters. The van der Waals surface area contributed by atoms with E-state index >= 15 is 0 Å². The number of nitro benzene ring substituents is 2. The molecule has 0 heterocycles. The smallest absolute Gasteiger partial charge is 0.299 e. The van der Waals surface area contributed by atoms with Crippen LogP contribution in [0.4, 0.5) is 39.8 Å². The number of rotatable bonds is 8. The molecule has 4 aromatic carbocycles. The van der Waals surface area contributed by atoms with Crippen LogP contribution in [0, 0.1) is 20.2 Å². The number of halogens is 3.